The van der Waals surface area contributed by atoms with Gasteiger partial charge in [0.25, 0.3) is 0 Å². The molecule has 1 rings (SSSR count). The molecular formula is C43H77N3O9. The quantitative estimate of drug-likeness (QED) is 0.0846. The average Bonchev–Trinajstić information content (AvgIpc) is 3.58. The second kappa shape index (κ2) is 27.2. The van der Waals surface area contributed by atoms with Crippen molar-refractivity contribution in [2.75, 3.05) is 54.2 Å². The van der Waals surface area contributed by atoms with Gasteiger partial charge in [0.15, 0.2) is 5.78 Å². The maximum absolute atomic E-state index is 14.3. The van der Waals surface area contributed by atoms with Crippen LogP contribution in [0.4, 0.5) is 0 Å². The van der Waals surface area contributed by atoms with Crippen LogP contribution in [0, 0.1) is 35.5 Å². The van der Waals surface area contributed by atoms with Gasteiger partial charge in [-0.25, -0.2) is 0 Å². The van der Waals surface area contributed by atoms with Crippen molar-refractivity contribution in [2.24, 2.45) is 41.2 Å². The van der Waals surface area contributed by atoms with Crippen molar-refractivity contribution in [1.29, 1.82) is 0 Å². The van der Waals surface area contributed by atoms with Gasteiger partial charge in [0.1, 0.15) is 24.0 Å². The molecule has 0 aliphatic heterocycles. The summed E-state index contributed by atoms with van der Waals surface area (Å²) in [5.74, 6) is -0.744. The molecule has 0 bridgehead atoms. The summed E-state index contributed by atoms with van der Waals surface area (Å²) in [7, 11) is 4.98. The van der Waals surface area contributed by atoms with Crippen molar-refractivity contribution in [3.8, 4) is 0 Å². The Labute approximate surface area is 332 Å². The first-order valence-corrected chi connectivity index (χ1v) is 21.0. The van der Waals surface area contributed by atoms with E-state index in [-0.39, 0.29) is 104 Å². The Hall–Kier alpha value is -2.54. The van der Waals surface area contributed by atoms with E-state index < -0.39 is 18.1 Å². The minimum atomic E-state index is -0.735. The summed E-state index contributed by atoms with van der Waals surface area (Å²) in [6.45, 7) is 14.7. The molecule has 7 atom stereocenters. The number of nitrogens with two attached hydrogens (primary N) is 1. The predicted octanol–water partition coefficient (Wildman–Crippen LogP) is 5.85. The van der Waals surface area contributed by atoms with Gasteiger partial charge in [-0.2, -0.15) is 0 Å². The lowest BCUT2D eigenvalue weighted by Crippen LogP contribution is -2.53. The highest BCUT2D eigenvalue weighted by atomic mass is 16.5. The molecule has 1 fully saturated rings. The third-order valence-corrected chi connectivity index (χ3v) is 11.7. The van der Waals surface area contributed by atoms with Gasteiger partial charge in [0.2, 0.25) is 11.8 Å². The number of carbonyl (C=O) groups excluding carboxylic acids is 6. The Kier molecular flexibility index (Phi) is 24.9. The van der Waals surface area contributed by atoms with Gasteiger partial charge in [-0.1, -0.05) is 67.7 Å². The number of ether oxygens (including phenoxy) is 3. The summed E-state index contributed by atoms with van der Waals surface area (Å²) in [5.41, 5.74) is 5.31. The van der Waals surface area contributed by atoms with Crippen LogP contribution in [0.5, 0.6) is 0 Å². The average molecular weight is 780 g/mol. The van der Waals surface area contributed by atoms with Crippen molar-refractivity contribution in [2.45, 2.75) is 150 Å². The number of likely N-dealkylation sites (N-methyl/N-ethyl adjacent to an activating group) is 2. The lowest BCUT2D eigenvalue weighted by molar-refractivity contribution is -0.148. The van der Waals surface area contributed by atoms with Crippen LogP contribution < -0.4 is 5.73 Å². The Balaban J connectivity index is 2.71. The molecular weight excluding hydrogens is 702 g/mol. The molecule has 1 aliphatic carbocycles. The molecule has 2 N–H and O–H groups in total. The Bertz CT molecular complexity index is 1190. The standard InChI is InChI=1S/C43H77N3O9/c1-11-31(6)42(39(53-10)26-37(49)35-21-15-17-32(35)7)46(9)43(52)36(29(2)3)25-38(50)41(30(4)5)45(8)40(51)28-55-24-23-54-22-16-20-33(47)18-13-12-14-19-34(48)27-44/h29-32,35-36,39,41-42H,11-28,44H2,1-10H3/t31-,32+,35?,36-,39+,41?,42?/m0/s1. The highest BCUT2D eigenvalue weighted by molar-refractivity contribution is 5.93. The van der Waals surface area contributed by atoms with Crippen LogP contribution in [-0.2, 0) is 43.0 Å². The number of unbranched alkanes of at least 4 members (excludes halogenated alkanes) is 2. The van der Waals surface area contributed by atoms with Crippen molar-refractivity contribution < 1.29 is 43.0 Å². The molecule has 3 unspecified atom stereocenters. The van der Waals surface area contributed by atoms with E-state index in [9.17, 15) is 28.8 Å². The number of carbonyl (C=O) groups is 6. The lowest BCUT2D eigenvalue weighted by atomic mass is 9.82. The van der Waals surface area contributed by atoms with E-state index in [1.54, 1.807) is 26.1 Å². The second-order valence-electron chi connectivity index (χ2n) is 16.6. The van der Waals surface area contributed by atoms with Crippen molar-refractivity contribution in [3.05, 3.63) is 0 Å². The van der Waals surface area contributed by atoms with Gasteiger partial charge in [-0.15, -0.1) is 0 Å². The van der Waals surface area contributed by atoms with Crippen molar-refractivity contribution in [1.82, 2.24) is 9.80 Å². The zero-order valence-corrected chi connectivity index (χ0v) is 36.1. The van der Waals surface area contributed by atoms with E-state index in [1.165, 1.54) is 4.90 Å². The topological polar surface area (TPSA) is 163 Å². The number of methoxy groups -OCH3 is 1. The molecule has 0 spiro atoms. The molecule has 0 saturated heterocycles. The van der Waals surface area contributed by atoms with E-state index in [2.05, 4.69) is 20.8 Å². The normalized spacial score (nSPS) is 18.5. The Morgan fingerprint density at radius 1 is 0.764 bits per heavy atom. The zero-order chi connectivity index (χ0) is 41.7. The lowest BCUT2D eigenvalue weighted by Gasteiger charge is -2.40. The molecule has 0 aromatic heterocycles. The van der Waals surface area contributed by atoms with Crippen LogP contribution in [0.3, 0.4) is 0 Å². The molecule has 2 amide bonds. The third kappa shape index (κ3) is 17.6. The SMILES string of the molecule is CC[C@H](C)C([C@@H](CC(=O)C1CCC[C@H]1C)OC)N(C)C(=O)[C@@H](CC(=O)C(C(C)C)N(C)C(=O)COCCOCCCC(=O)CCCCCC(=O)CN)C(C)C. The Morgan fingerprint density at radius 2 is 1.38 bits per heavy atom. The van der Waals surface area contributed by atoms with Crippen molar-refractivity contribution in [3.63, 3.8) is 0 Å². The number of Topliss-reactive ketones (excluding diaryl/α,β-unsaturated/α-hetero) is 4. The summed E-state index contributed by atoms with van der Waals surface area (Å²) >= 11 is 0. The first-order chi connectivity index (χ1) is 26.0. The summed E-state index contributed by atoms with van der Waals surface area (Å²) < 4.78 is 17.1. The minimum absolute atomic E-state index is 0.0162. The van der Waals surface area contributed by atoms with Gasteiger partial charge in [0.05, 0.1) is 37.9 Å². The monoisotopic (exact) mass is 780 g/mol. The van der Waals surface area contributed by atoms with Crippen LogP contribution in [-0.4, -0.2) is 117 Å². The zero-order valence-electron chi connectivity index (χ0n) is 36.1. The first kappa shape index (κ1) is 50.5. The number of amides is 2. The van der Waals surface area contributed by atoms with Crippen LogP contribution in [0.25, 0.3) is 0 Å². The highest BCUT2D eigenvalue weighted by Crippen LogP contribution is 2.34. The molecule has 318 valence electrons. The molecule has 12 nitrogen and oxygen atoms in total. The summed E-state index contributed by atoms with van der Waals surface area (Å²) in [4.78, 5) is 81.3. The first-order valence-electron chi connectivity index (χ1n) is 21.0. The Morgan fingerprint density at radius 3 is 1.93 bits per heavy atom. The number of hydrogen-bond acceptors (Lipinski definition) is 10. The van der Waals surface area contributed by atoms with E-state index in [4.69, 9.17) is 19.9 Å². The van der Waals surface area contributed by atoms with Gasteiger partial charge in [0, 0.05) is 71.8 Å². The predicted molar refractivity (Wildman–Crippen MR) is 215 cm³/mol. The van der Waals surface area contributed by atoms with Gasteiger partial charge in [-0.05, 0) is 55.8 Å². The van der Waals surface area contributed by atoms with E-state index >= 15 is 0 Å². The fraction of sp³-hybridized carbons (Fsp3) is 0.860. The molecule has 0 radical (unpaired) electrons. The summed E-state index contributed by atoms with van der Waals surface area (Å²) in [6.07, 6.45) is 7.96. The smallest absolute Gasteiger partial charge is 0.248 e. The molecule has 0 aromatic rings. The van der Waals surface area contributed by atoms with E-state index in [1.807, 2.05) is 27.7 Å². The molecule has 12 heteroatoms. The fourth-order valence-corrected chi connectivity index (χ4v) is 8.00. The van der Waals surface area contributed by atoms with Crippen LogP contribution in [0.1, 0.15) is 132 Å². The molecule has 0 heterocycles. The van der Waals surface area contributed by atoms with Gasteiger partial charge >= 0.3 is 0 Å². The molecule has 55 heavy (non-hydrogen) atoms. The maximum atomic E-state index is 14.3. The van der Waals surface area contributed by atoms with Crippen molar-refractivity contribution >= 4 is 34.9 Å². The second-order valence-corrected chi connectivity index (χ2v) is 16.6. The molecule has 1 saturated carbocycles. The van der Waals surface area contributed by atoms with Crippen LogP contribution in [0.2, 0.25) is 0 Å². The third-order valence-electron chi connectivity index (χ3n) is 11.7. The van der Waals surface area contributed by atoms with Gasteiger partial charge < -0.3 is 29.7 Å². The molecule has 0 aromatic carbocycles. The van der Waals surface area contributed by atoms with E-state index in [0.29, 0.717) is 38.2 Å². The summed E-state index contributed by atoms with van der Waals surface area (Å²) in [5, 5.41) is 0. The fourth-order valence-electron chi connectivity index (χ4n) is 8.00. The number of nitrogens with zero attached hydrogens (tertiary/aromatic N) is 2. The highest BCUT2D eigenvalue weighted by Gasteiger charge is 2.41. The van der Waals surface area contributed by atoms with Crippen LogP contribution >= 0.6 is 0 Å². The molecule has 1 aliphatic rings. The van der Waals surface area contributed by atoms with Crippen LogP contribution in [0.15, 0.2) is 0 Å². The number of ketones is 4. The van der Waals surface area contributed by atoms with Gasteiger partial charge in [-0.3, -0.25) is 28.8 Å². The minimum Gasteiger partial charge on any atom is -0.379 e. The largest absolute Gasteiger partial charge is 0.379 e. The van der Waals surface area contributed by atoms with E-state index in [0.717, 1.165) is 44.9 Å². The summed E-state index contributed by atoms with van der Waals surface area (Å²) in [6, 6.07) is -1.07. The number of hydrogen-bond donors (Lipinski definition) is 1. The maximum Gasteiger partial charge on any atom is 0.248 e. The number of rotatable bonds is 31.